The van der Waals surface area contributed by atoms with Gasteiger partial charge in [0.25, 0.3) is 5.91 Å². The van der Waals surface area contributed by atoms with Gasteiger partial charge in [0.05, 0.1) is 7.11 Å². The van der Waals surface area contributed by atoms with E-state index in [-0.39, 0.29) is 29.7 Å². The molecule has 2 aromatic carbocycles. The molecule has 1 saturated carbocycles. The number of alkyl carbamates (subject to hydrolysis) is 1. The van der Waals surface area contributed by atoms with Crippen molar-refractivity contribution in [1.29, 1.82) is 0 Å². The predicted molar refractivity (Wildman–Crippen MR) is 157 cm³/mol. The molecular formula is C32H45N3O5. The number of amides is 3. The van der Waals surface area contributed by atoms with Gasteiger partial charge in [-0.05, 0) is 100 Å². The van der Waals surface area contributed by atoms with Gasteiger partial charge in [0.2, 0.25) is 5.91 Å². The van der Waals surface area contributed by atoms with Crippen LogP contribution in [0.15, 0.2) is 42.5 Å². The van der Waals surface area contributed by atoms with Gasteiger partial charge in [-0.3, -0.25) is 9.59 Å². The van der Waals surface area contributed by atoms with E-state index in [9.17, 15) is 14.4 Å². The molecule has 3 rings (SSSR count). The van der Waals surface area contributed by atoms with Crippen molar-refractivity contribution in [2.45, 2.75) is 92.0 Å². The van der Waals surface area contributed by atoms with E-state index < -0.39 is 23.8 Å². The molecular weight excluding hydrogens is 506 g/mol. The van der Waals surface area contributed by atoms with Crippen LogP contribution in [0.2, 0.25) is 0 Å². The lowest BCUT2D eigenvalue weighted by Gasteiger charge is -2.36. The summed E-state index contributed by atoms with van der Waals surface area (Å²) < 4.78 is 10.7. The molecule has 2 aromatic rings. The number of anilines is 1. The van der Waals surface area contributed by atoms with Crippen LogP contribution in [0.5, 0.6) is 5.75 Å². The summed E-state index contributed by atoms with van der Waals surface area (Å²) in [5, 5.41) is 5.85. The minimum atomic E-state index is -0.888. The molecule has 1 aliphatic rings. The Hall–Kier alpha value is -3.55. The highest BCUT2D eigenvalue weighted by molar-refractivity contribution is 5.99. The summed E-state index contributed by atoms with van der Waals surface area (Å²) in [6.07, 6.45) is 0.542. The minimum absolute atomic E-state index is 0.120. The number of carbonyl (C=O) groups excluding carboxylic acids is 3. The largest absolute Gasteiger partial charge is 0.497 e. The lowest BCUT2D eigenvalue weighted by molar-refractivity contribution is -0.142. The van der Waals surface area contributed by atoms with Crippen molar-refractivity contribution >= 4 is 23.6 Å². The molecule has 0 aromatic heterocycles. The second-order valence-electron chi connectivity index (χ2n) is 12.3. The zero-order chi connectivity index (χ0) is 29.8. The third kappa shape index (κ3) is 7.99. The summed E-state index contributed by atoms with van der Waals surface area (Å²) >= 11 is 0. The van der Waals surface area contributed by atoms with E-state index in [1.54, 1.807) is 57.0 Å². The molecule has 0 heterocycles. The summed E-state index contributed by atoms with van der Waals surface area (Å²) in [6, 6.07) is 11.1. The van der Waals surface area contributed by atoms with Crippen molar-refractivity contribution < 1.29 is 23.9 Å². The van der Waals surface area contributed by atoms with E-state index in [0.29, 0.717) is 17.9 Å². The summed E-state index contributed by atoms with van der Waals surface area (Å²) in [6.45, 7) is 15.3. The van der Waals surface area contributed by atoms with E-state index in [1.807, 2.05) is 45.9 Å². The molecule has 4 unspecified atom stereocenters. The van der Waals surface area contributed by atoms with E-state index in [4.69, 9.17) is 9.47 Å². The molecule has 2 N–H and O–H groups in total. The topological polar surface area (TPSA) is 97.0 Å². The van der Waals surface area contributed by atoms with Crippen LogP contribution < -0.4 is 15.4 Å². The second-order valence-corrected chi connectivity index (χ2v) is 12.3. The van der Waals surface area contributed by atoms with Gasteiger partial charge in [0.15, 0.2) is 0 Å². The Kier molecular flexibility index (Phi) is 9.87. The van der Waals surface area contributed by atoms with Crippen LogP contribution in [0.1, 0.15) is 77.1 Å². The average molecular weight is 552 g/mol. The second kappa shape index (κ2) is 12.7. The maximum atomic E-state index is 14.4. The first kappa shape index (κ1) is 31.0. The van der Waals surface area contributed by atoms with Gasteiger partial charge >= 0.3 is 6.09 Å². The Bertz CT molecular complexity index is 1180. The lowest BCUT2D eigenvalue weighted by Crippen LogP contribution is -2.54. The molecule has 0 saturated heterocycles. The summed E-state index contributed by atoms with van der Waals surface area (Å²) in [7, 11) is 1.59. The smallest absolute Gasteiger partial charge is 0.408 e. The fraction of sp³-hybridized carbons (Fsp3) is 0.531. The van der Waals surface area contributed by atoms with Crippen LogP contribution in [-0.2, 0) is 14.3 Å². The maximum absolute atomic E-state index is 14.4. The number of benzene rings is 2. The van der Waals surface area contributed by atoms with Crippen LogP contribution in [-0.4, -0.2) is 47.6 Å². The van der Waals surface area contributed by atoms with Gasteiger partial charge in [0.1, 0.15) is 23.4 Å². The Labute approximate surface area is 238 Å². The van der Waals surface area contributed by atoms with E-state index in [1.165, 1.54) is 0 Å². The van der Waals surface area contributed by atoms with Gasteiger partial charge in [0, 0.05) is 11.7 Å². The number of hydrogen-bond acceptors (Lipinski definition) is 5. The first-order valence-electron chi connectivity index (χ1n) is 14.0. The molecule has 0 aliphatic heterocycles. The van der Waals surface area contributed by atoms with Crippen molar-refractivity contribution in [3.63, 3.8) is 0 Å². The molecule has 1 fully saturated rings. The van der Waals surface area contributed by atoms with Crippen molar-refractivity contribution in [2.75, 3.05) is 12.4 Å². The molecule has 0 radical (unpaired) electrons. The monoisotopic (exact) mass is 551 g/mol. The minimum Gasteiger partial charge on any atom is -0.497 e. The Morgan fingerprint density at radius 2 is 1.60 bits per heavy atom. The van der Waals surface area contributed by atoms with Gasteiger partial charge in [-0.15, -0.1) is 0 Å². The number of nitrogens with zero attached hydrogens (tertiary/aromatic N) is 1. The molecule has 8 nitrogen and oxygen atoms in total. The number of carbonyl (C=O) groups is 3. The first-order chi connectivity index (χ1) is 18.7. The molecule has 0 bridgehead atoms. The fourth-order valence-electron chi connectivity index (χ4n) is 5.04. The SMILES string of the molecule is COc1ccc(NC(=O)C(c2c(C)cccc2C)N(C(=O)C(CC(C)C)NC(=O)OC(C)(C)C)C2CC2C)cc1. The molecule has 218 valence electrons. The van der Waals surface area contributed by atoms with Gasteiger partial charge in [-0.25, -0.2) is 4.79 Å². The van der Waals surface area contributed by atoms with Crippen LogP contribution >= 0.6 is 0 Å². The van der Waals surface area contributed by atoms with Crippen LogP contribution in [0, 0.1) is 25.7 Å². The molecule has 3 amide bonds. The van der Waals surface area contributed by atoms with E-state index >= 15 is 0 Å². The van der Waals surface area contributed by atoms with Crippen molar-refractivity contribution in [2.24, 2.45) is 11.8 Å². The average Bonchev–Trinajstić information content (AvgIpc) is 3.57. The Balaban J connectivity index is 2.06. The highest BCUT2D eigenvalue weighted by atomic mass is 16.6. The van der Waals surface area contributed by atoms with Gasteiger partial charge in [-0.2, -0.15) is 0 Å². The summed E-state index contributed by atoms with van der Waals surface area (Å²) in [4.78, 5) is 43.1. The van der Waals surface area contributed by atoms with Crippen molar-refractivity contribution in [3.8, 4) is 5.75 Å². The third-order valence-electron chi connectivity index (χ3n) is 7.07. The predicted octanol–water partition coefficient (Wildman–Crippen LogP) is 6.17. The number of methoxy groups -OCH3 is 1. The molecule has 40 heavy (non-hydrogen) atoms. The Morgan fingerprint density at radius 3 is 2.08 bits per heavy atom. The van der Waals surface area contributed by atoms with E-state index in [0.717, 1.165) is 23.1 Å². The zero-order valence-corrected chi connectivity index (χ0v) is 25.3. The van der Waals surface area contributed by atoms with E-state index in [2.05, 4.69) is 17.6 Å². The number of nitrogens with one attached hydrogen (secondary N) is 2. The molecule has 8 heteroatoms. The normalized spacial score (nSPS) is 17.9. The lowest BCUT2D eigenvalue weighted by atomic mass is 9.92. The van der Waals surface area contributed by atoms with Crippen molar-refractivity contribution in [1.82, 2.24) is 10.2 Å². The molecule has 0 spiro atoms. The highest BCUT2D eigenvalue weighted by Crippen LogP contribution is 2.42. The van der Waals surface area contributed by atoms with Crippen molar-refractivity contribution in [3.05, 3.63) is 59.2 Å². The third-order valence-corrected chi connectivity index (χ3v) is 7.07. The maximum Gasteiger partial charge on any atom is 0.408 e. The number of aryl methyl sites for hydroxylation is 2. The standard InChI is InChI=1S/C32H45N3O5/c1-19(2)17-25(34-31(38)40-32(6,7)8)30(37)35(26-18-22(26)5)28(27-20(3)11-10-12-21(27)4)29(36)33-23-13-15-24(39-9)16-14-23/h10-16,19,22,25-26,28H,17-18H2,1-9H3,(H,33,36)(H,34,38). The van der Waals surface area contributed by atoms with Gasteiger partial charge in [-0.1, -0.05) is 39.0 Å². The van der Waals surface area contributed by atoms with Crippen LogP contribution in [0.25, 0.3) is 0 Å². The Morgan fingerprint density at radius 1 is 1.02 bits per heavy atom. The highest BCUT2D eigenvalue weighted by Gasteiger charge is 2.48. The van der Waals surface area contributed by atoms with Gasteiger partial charge < -0.3 is 25.0 Å². The number of rotatable bonds is 10. The molecule has 4 atom stereocenters. The summed E-state index contributed by atoms with van der Waals surface area (Å²) in [5.41, 5.74) is 2.52. The first-order valence-corrected chi connectivity index (χ1v) is 14.0. The quantitative estimate of drug-likeness (QED) is 0.368. The summed E-state index contributed by atoms with van der Waals surface area (Å²) in [5.74, 6) is 0.430. The number of hydrogen-bond donors (Lipinski definition) is 2. The van der Waals surface area contributed by atoms with Crippen LogP contribution in [0.4, 0.5) is 10.5 Å². The fourth-order valence-corrected chi connectivity index (χ4v) is 5.04. The number of ether oxygens (including phenoxy) is 2. The van der Waals surface area contributed by atoms with Crippen LogP contribution in [0.3, 0.4) is 0 Å². The zero-order valence-electron chi connectivity index (χ0n) is 25.3. The molecule has 1 aliphatic carbocycles.